The van der Waals surface area contributed by atoms with Gasteiger partial charge in [0.25, 0.3) is 10.1 Å². The maximum atomic E-state index is 12.7. The van der Waals surface area contributed by atoms with Crippen molar-refractivity contribution in [3.05, 3.63) is 48.6 Å². The highest BCUT2D eigenvalue weighted by atomic mass is 32.2. The van der Waals surface area contributed by atoms with Gasteiger partial charge >= 0.3 is 11.9 Å². The second-order valence-corrected chi connectivity index (χ2v) is 15.8. The van der Waals surface area contributed by atoms with Gasteiger partial charge in [-0.15, -0.1) is 0 Å². The summed E-state index contributed by atoms with van der Waals surface area (Å²) in [4.78, 5) is 25.3. The van der Waals surface area contributed by atoms with Crippen molar-refractivity contribution in [3.8, 4) is 0 Å². The fourth-order valence-electron chi connectivity index (χ4n) is 5.96. The number of rotatable bonds is 33. The van der Waals surface area contributed by atoms with E-state index < -0.39 is 71.2 Å². The molecular formula is C42H72O12S. The van der Waals surface area contributed by atoms with E-state index in [2.05, 4.69) is 62.5 Å². The molecule has 12 nitrogen and oxygen atoms in total. The van der Waals surface area contributed by atoms with Crippen LogP contribution in [0.1, 0.15) is 149 Å². The summed E-state index contributed by atoms with van der Waals surface area (Å²) in [6, 6.07) is 0. The van der Waals surface area contributed by atoms with Crippen LogP contribution in [-0.2, 0) is 38.7 Å². The lowest BCUT2D eigenvalue weighted by molar-refractivity contribution is -0.297. The smallest absolute Gasteiger partial charge is 0.306 e. The molecule has 318 valence electrons. The number of aliphatic hydroxyl groups is 3. The number of hydrogen-bond donors (Lipinski definition) is 4. The van der Waals surface area contributed by atoms with Gasteiger partial charge in [-0.2, -0.15) is 8.42 Å². The number of aliphatic hydroxyl groups excluding tert-OH is 3. The van der Waals surface area contributed by atoms with Crippen LogP contribution >= 0.6 is 0 Å². The van der Waals surface area contributed by atoms with Crippen LogP contribution in [0.15, 0.2) is 48.6 Å². The Labute approximate surface area is 331 Å². The molecule has 1 saturated heterocycles. The van der Waals surface area contributed by atoms with Gasteiger partial charge in [0.1, 0.15) is 36.8 Å². The molecule has 1 fully saturated rings. The van der Waals surface area contributed by atoms with Gasteiger partial charge in [0, 0.05) is 12.8 Å². The molecule has 0 aromatic carbocycles. The Morgan fingerprint density at radius 1 is 0.636 bits per heavy atom. The lowest BCUT2D eigenvalue weighted by Gasteiger charge is -2.40. The Balaban J connectivity index is 2.53. The van der Waals surface area contributed by atoms with Crippen molar-refractivity contribution in [1.82, 2.24) is 0 Å². The first-order chi connectivity index (χ1) is 26.5. The van der Waals surface area contributed by atoms with E-state index in [-0.39, 0.29) is 19.4 Å². The van der Waals surface area contributed by atoms with Crippen LogP contribution in [0.4, 0.5) is 0 Å². The van der Waals surface area contributed by atoms with Crippen molar-refractivity contribution in [2.45, 2.75) is 185 Å². The molecule has 55 heavy (non-hydrogen) atoms. The van der Waals surface area contributed by atoms with E-state index in [4.69, 9.17) is 18.9 Å². The van der Waals surface area contributed by atoms with E-state index >= 15 is 0 Å². The Morgan fingerprint density at radius 3 is 1.71 bits per heavy atom. The van der Waals surface area contributed by atoms with Gasteiger partial charge in [0.15, 0.2) is 12.4 Å². The molecule has 6 atom stereocenters. The normalized spacial score (nSPS) is 21.3. The topological polar surface area (TPSA) is 186 Å². The van der Waals surface area contributed by atoms with E-state index in [1.54, 1.807) is 0 Å². The first-order valence-corrected chi connectivity index (χ1v) is 22.3. The minimum atomic E-state index is -4.60. The molecule has 1 rings (SSSR count). The summed E-state index contributed by atoms with van der Waals surface area (Å²) in [5.41, 5.74) is 0. The van der Waals surface area contributed by atoms with Crippen molar-refractivity contribution in [3.63, 3.8) is 0 Å². The van der Waals surface area contributed by atoms with Crippen LogP contribution in [0.5, 0.6) is 0 Å². The van der Waals surface area contributed by atoms with Crippen molar-refractivity contribution >= 4 is 22.1 Å². The minimum absolute atomic E-state index is 0.112. The standard InChI is InChI=1S/C42H72O12S/c1-3-5-7-9-11-13-15-17-18-19-21-23-25-27-29-31-38(44)53-35(33-52-42-41(47)40(46)39(45)36(54-42)34-55(48,49)50)32-51-37(43)30-28-26-24-22-20-16-14-12-10-8-6-4-2/h5,7,11,13,17-18,21,23,35-36,39-42,45-47H,3-4,6,8-10,12,14-16,19-20,22,24-34H2,1-2H3,(H,48,49,50)/b7-5-,13-11-,18-17-,23-21-. The molecule has 6 unspecified atom stereocenters. The first kappa shape index (κ1) is 50.6. The average molecular weight is 801 g/mol. The summed E-state index contributed by atoms with van der Waals surface area (Å²) in [5, 5.41) is 30.8. The molecule has 1 heterocycles. The molecule has 0 saturated carbocycles. The largest absolute Gasteiger partial charge is 0.462 e. The molecule has 0 aromatic rings. The van der Waals surface area contributed by atoms with E-state index in [9.17, 15) is 37.9 Å². The van der Waals surface area contributed by atoms with Crippen LogP contribution in [0.25, 0.3) is 0 Å². The Hall–Kier alpha value is -2.39. The molecule has 0 radical (unpaired) electrons. The third kappa shape index (κ3) is 27.8. The van der Waals surface area contributed by atoms with Gasteiger partial charge < -0.3 is 34.3 Å². The summed E-state index contributed by atoms with van der Waals surface area (Å²) in [6.45, 7) is 3.58. The van der Waals surface area contributed by atoms with Crippen LogP contribution in [-0.4, -0.2) is 96.0 Å². The average Bonchev–Trinajstić information content (AvgIpc) is 3.14. The van der Waals surface area contributed by atoms with Crippen LogP contribution in [0.3, 0.4) is 0 Å². The van der Waals surface area contributed by atoms with Crippen molar-refractivity contribution in [1.29, 1.82) is 0 Å². The Bertz CT molecular complexity index is 1210. The fraction of sp³-hybridized carbons (Fsp3) is 0.762. The Morgan fingerprint density at radius 2 is 1.15 bits per heavy atom. The molecular weight excluding hydrogens is 729 g/mol. The van der Waals surface area contributed by atoms with Gasteiger partial charge in [-0.05, 0) is 51.4 Å². The lowest BCUT2D eigenvalue weighted by Crippen LogP contribution is -2.60. The molecule has 0 aromatic heterocycles. The lowest BCUT2D eigenvalue weighted by atomic mass is 10.00. The molecule has 13 heteroatoms. The highest BCUT2D eigenvalue weighted by Crippen LogP contribution is 2.24. The number of ether oxygens (including phenoxy) is 4. The summed E-state index contributed by atoms with van der Waals surface area (Å²) < 4.78 is 53.9. The second kappa shape index (κ2) is 32.7. The van der Waals surface area contributed by atoms with Crippen LogP contribution < -0.4 is 0 Å². The maximum absolute atomic E-state index is 12.7. The number of unbranched alkanes of at least 4 members (excludes halogenated alkanes) is 13. The zero-order chi connectivity index (χ0) is 40.6. The zero-order valence-electron chi connectivity index (χ0n) is 33.5. The highest BCUT2D eigenvalue weighted by Gasteiger charge is 2.46. The number of hydrogen-bond acceptors (Lipinski definition) is 11. The summed E-state index contributed by atoms with van der Waals surface area (Å²) >= 11 is 0. The molecule has 0 amide bonds. The monoisotopic (exact) mass is 800 g/mol. The second-order valence-electron chi connectivity index (χ2n) is 14.3. The molecule has 4 N–H and O–H groups in total. The third-order valence-corrected chi connectivity index (χ3v) is 9.92. The molecule has 0 bridgehead atoms. The third-order valence-electron chi connectivity index (χ3n) is 9.17. The van der Waals surface area contributed by atoms with Gasteiger partial charge in [-0.25, -0.2) is 0 Å². The molecule has 1 aliphatic rings. The van der Waals surface area contributed by atoms with Crippen molar-refractivity contribution in [2.75, 3.05) is 19.0 Å². The van der Waals surface area contributed by atoms with Crippen molar-refractivity contribution < 1.29 is 56.8 Å². The molecule has 1 aliphatic heterocycles. The number of carbonyl (C=O) groups excluding carboxylic acids is 2. The fourth-order valence-corrected chi connectivity index (χ4v) is 6.65. The van der Waals surface area contributed by atoms with E-state index in [0.717, 1.165) is 57.8 Å². The predicted octanol–water partition coefficient (Wildman–Crippen LogP) is 7.61. The van der Waals surface area contributed by atoms with Crippen LogP contribution in [0, 0.1) is 0 Å². The first-order valence-electron chi connectivity index (χ1n) is 20.7. The zero-order valence-corrected chi connectivity index (χ0v) is 34.3. The maximum Gasteiger partial charge on any atom is 0.306 e. The van der Waals surface area contributed by atoms with Crippen LogP contribution in [0.2, 0.25) is 0 Å². The van der Waals surface area contributed by atoms with E-state index in [1.165, 1.54) is 51.4 Å². The highest BCUT2D eigenvalue weighted by molar-refractivity contribution is 7.85. The van der Waals surface area contributed by atoms with E-state index in [1.807, 2.05) is 0 Å². The van der Waals surface area contributed by atoms with Gasteiger partial charge in [-0.1, -0.05) is 133 Å². The summed E-state index contributed by atoms with van der Waals surface area (Å²) in [5.74, 6) is -2.04. The number of esters is 2. The van der Waals surface area contributed by atoms with Gasteiger partial charge in [0.2, 0.25) is 0 Å². The van der Waals surface area contributed by atoms with Gasteiger partial charge in [-0.3, -0.25) is 14.1 Å². The SMILES string of the molecule is CC/C=C\C/C=C\C/C=C\C/C=C\CCCCC(=O)OC(COC(=O)CCCCCCCCCCCCCC)COC1OC(CS(=O)(=O)O)C(O)C(O)C1O. The quantitative estimate of drug-likeness (QED) is 0.0221. The summed E-state index contributed by atoms with van der Waals surface area (Å²) in [7, 11) is -4.60. The summed E-state index contributed by atoms with van der Waals surface area (Å²) in [6.07, 6.45) is 27.4. The predicted molar refractivity (Wildman–Crippen MR) is 215 cm³/mol. The molecule has 0 spiro atoms. The minimum Gasteiger partial charge on any atom is -0.462 e. The number of allylic oxidation sites excluding steroid dienone is 8. The molecule has 0 aliphatic carbocycles. The Kier molecular flexibility index (Phi) is 30.1. The van der Waals surface area contributed by atoms with Gasteiger partial charge in [0.05, 0.1) is 6.61 Å². The number of carbonyl (C=O) groups is 2. The van der Waals surface area contributed by atoms with E-state index in [0.29, 0.717) is 12.8 Å². The van der Waals surface area contributed by atoms with Crippen molar-refractivity contribution in [2.24, 2.45) is 0 Å².